The molecule has 4 atom stereocenters. The first-order valence-corrected chi connectivity index (χ1v) is 7.54. The first kappa shape index (κ1) is 14.3. The molecule has 0 radical (unpaired) electrons. The molecule has 4 nitrogen and oxygen atoms in total. The summed E-state index contributed by atoms with van der Waals surface area (Å²) in [6, 6.07) is 10.2. The third-order valence-corrected chi connectivity index (χ3v) is 4.87. The number of benzene rings is 1. The van der Waals surface area contributed by atoms with E-state index in [2.05, 4.69) is 11.9 Å². The molecule has 1 aromatic rings. The van der Waals surface area contributed by atoms with Crippen LogP contribution in [0.25, 0.3) is 0 Å². The Labute approximate surface area is 125 Å². The predicted octanol–water partition coefficient (Wildman–Crippen LogP) is 2.34. The third-order valence-electron chi connectivity index (χ3n) is 4.87. The van der Waals surface area contributed by atoms with Crippen molar-refractivity contribution in [3.63, 3.8) is 0 Å². The van der Waals surface area contributed by atoms with E-state index in [0.29, 0.717) is 12.5 Å². The molecule has 0 amide bonds. The van der Waals surface area contributed by atoms with Gasteiger partial charge in [-0.2, -0.15) is 0 Å². The van der Waals surface area contributed by atoms with Crippen molar-refractivity contribution in [2.75, 3.05) is 7.05 Å². The zero-order chi connectivity index (χ0) is 15.0. The molecule has 0 N–H and O–H groups in total. The monoisotopic (exact) mass is 287 g/mol. The molecule has 2 saturated heterocycles. The van der Waals surface area contributed by atoms with Crippen LogP contribution in [0.15, 0.2) is 30.3 Å². The molecule has 2 fully saturated rings. The topological polar surface area (TPSA) is 46.6 Å². The highest BCUT2D eigenvalue weighted by Crippen LogP contribution is 2.43. The number of hydrogen-bond acceptors (Lipinski definition) is 4. The average molecular weight is 287 g/mol. The zero-order valence-electron chi connectivity index (χ0n) is 12.5. The number of ketones is 1. The lowest BCUT2D eigenvalue weighted by atomic mass is 9.82. The van der Waals surface area contributed by atoms with E-state index in [1.165, 1.54) is 6.92 Å². The van der Waals surface area contributed by atoms with Crippen LogP contribution in [0, 0.1) is 5.92 Å². The summed E-state index contributed by atoms with van der Waals surface area (Å²) in [6.45, 7) is 1.41. The number of carbonyl (C=O) groups excluding carboxylic acids is 2. The fourth-order valence-electron chi connectivity index (χ4n) is 3.84. The molecular weight excluding hydrogens is 266 g/mol. The minimum atomic E-state index is -0.470. The van der Waals surface area contributed by atoms with Crippen LogP contribution in [0.3, 0.4) is 0 Å². The van der Waals surface area contributed by atoms with E-state index in [-0.39, 0.29) is 23.7 Å². The fraction of sp³-hybridized carbons (Fsp3) is 0.529. The number of fused-ring (bicyclic) bond motifs is 2. The molecule has 3 rings (SSSR count). The van der Waals surface area contributed by atoms with Gasteiger partial charge in [0.1, 0.15) is 11.9 Å². The van der Waals surface area contributed by atoms with Crippen molar-refractivity contribution >= 4 is 11.8 Å². The van der Waals surface area contributed by atoms with Crippen LogP contribution in [0.2, 0.25) is 0 Å². The van der Waals surface area contributed by atoms with Crippen molar-refractivity contribution < 1.29 is 14.3 Å². The van der Waals surface area contributed by atoms with Crippen LogP contribution >= 0.6 is 0 Å². The number of Topliss-reactive ketones (excluding diaryl/α,β-unsaturated/α-hetero) is 1. The van der Waals surface area contributed by atoms with E-state index >= 15 is 0 Å². The Hall–Kier alpha value is -1.68. The second-order valence-corrected chi connectivity index (χ2v) is 6.10. The standard InChI is InChI=1S/C17H21NO3/c1-11(19)21-17(12-6-4-3-5-7-12)16-14-9-8-13(18(14)2)10-15(16)20/h3-7,13-14,16-17H,8-10H2,1-2H3/t13-,14+,16+,17-/m1/s1. The van der Waals surface area contributed by atoms with Crippen LogP contribution in [0.4, 0.5) is 0 Å². The van der Waals surface area contributed by atoms with Gasteiger partial charge in [-0.25, -0.2) is 0 Å². The van der Waals surface area contributed by atoms with Gasteiger partial charge >= 0.3 is 5.97 Å². The van der Waals surface area contributed by atoms with Gasteiger partial charge in [0, 0.05) is 25.4 Å². The second-order valence-electron chi connectivity index (χ2n) is 6.10. The summed E-state index contributed by atoms with van der Waals surface area (Å²) in [5.41, 5.74) is 0.907. The Morgan fingerprint density at radius 3 is 2.67 bits per heavy atom. The van der Waals surface area contributed by atoms with Gasteiger partial charge in [-0.1, -0.05) is 30.3 Å². The van der Waals surface area contributed by atoms with Gasteiger partial charge in [0.15, 0.2) is 0 Å². The van der Waals surface area contributed by atoms with E-state index in [9.17, 15) is 9.59 Å². The highest BCUT2D eigenvalue weighted by Gasteiger charge is 2.49. The molecule has 2 aliphatic rings. The molecule has 4 heteroatoms. The maximum atomic E-state index is 12.6. The Morgan fingerprint density at radius 1 is 1.29 bits per heavy atom. The summed E-state index contributed by atoms with van der Waals surface area (Å²) in [5, 5.41) is 0. The van der Waals surface area contributed by atoms with Crippen molar-refractivity contribution in [3.8, 4) is 0 Å². The molecule has 2 aliphatic heterocycles. The van der Waals surface area contributed by atoms with Crippen molar-refractivity contribution in [1.29, 1.82) is 0 Å². The number of nitrogens with zero attached hydrogens (tertiary/aromatic N) is 1. The molecular formula is C17H21NO3. The smallest absolute Gasteiger partial charge is 0.303 e. The van der Waals surface area contributed by atoms with Crippen molar-refractivity contribution in [1.82, 2.24) is 4.90 Å². The summed E-state index contributed by atoms with van der Waals surface area (Å²) in [5.74, 6) is -0.352. The number of ether oxygens (including phenoxy) is 1. The number of piperidine rings is 1. The molecule has 0 spiro atoms. The maximum Gasteiger partial charge on any atom is 0.303 e. The van der Waals surface area contributed by atoms with E-state index in [1.54, 1.807) is 0 Å². The SMILES string of the molecule is CC(=O)O[C@H](c1ccccc1)[C@@H]1C(=O)C[C@H]2CC[C@@H]1N2C. The average Bonchev–Trinajstić information content (AvgIpc) is 2.71. The lowest BCUT2D eigenvalue weighted by molar-refractivity contribution is -0.155. The van der Waals surface area contributed by atoms with Crippen LogP contribution in [0.5, 0.6) is 0 Å². The minimum Gasteiger partial charge on any atom is -0.457 e. The minimum absolute atomic E-state index is 0.181. The van der Waals surface area contributed by atoms with Gasteiger partial charge in [-0.15, -0.1) is 0 Å². The van der Waals surface area contributed by atoms with Crippen molar-refractivity contribution in [2.24, 2.45) is 5.92 Å². The van der Waals surface area contributed by atoms with Gasteiger partial charge in [0.2, 0.25) is 0 Å². The summed E-state index contributed by atoms with van der Waals surface area (Å²) in [7, 11) is 2.08. The first-order chi connectivity index (χ1) is 10.1. The number of carbonyl (C=O) groups is 2. The van der Waals surface area contributed by atoms with Gasteiger partial charge in [0.05, 0.1) is 5.92 Å². The quantitative estimate of drug-likeness (QED) is 0.801. The molecule has 0 saturated carbocycles. The predicted molar refractivity (Wildman–Crippen MR) is 78.6 cm³/mol. The van der Waals surface area contributed by atoms with E-state index in [0.717, 1.165) is 18.4 Å². The van der Waals surface area contributed by atoms with Crippen molar-refractivity contribution in [3.05, 3.63) is 35.9 Å². The van der Waals surface area contributed by atoms with E-state index in [1.807, 2.05) is 30.3 Å². The number of hydrogen-bond donors (Lipinski definition) is 0. The Bertz CT molecular complexity index is 542. The first-order valence-electron chi connectivity index (χ1n) is 7.54. The Morgan fingerprint density at radius 2 is 2.00 bits per heavy atom. The Balaban J connectivity index is 1.95. The Kier molecular flexibility index (Phi) is 3.81. The second kappa shape index (κ2) is 5.60. The number of rotatable bonds is 3. The molecule has 1 aromatic carbocycles. The van der Waals surface area contributed by atoms with Crippen molar-refractivity contribution in [2.45, 2.75) is 44.4 Å². The zero-order valence-corrected chi connectivity index (χ0v) is 12.5. The summed E-state index contributed by atoms with van der Waals surface area (Å²) < 4.78 is 5.56. The third kappa shape index (κ3) is 2.60. The highest BCUT2D eigenvalue weighted by atomic mass is 16.5. The summed E-state index contributed by atoms with van der Waals surface area (Å²) in [4.78, 5) is 26.4. The molecule has 0 aliphatic carbocycles. The van der Waals surface area contributed by atoms with Crippen LogP contribution in [-0.2, 0) is 14.3 Å². The van der Waals surface area contributed by atoms with E-state index in [4.69, 9.17) is 4.74 Å². The molecule has 2 heterocycles. The highest BCUT2D eigenvalue weighted by molar-refractivity contribution is 5.85. The molecule has 21 heavy (non-hydrogen) atoms. The van der Waals surface area contributed by atoms with E-state index < -0.39 is 6.10 Å². The maximum absolute atomic E-state index is 12.6. The fourth-order valence-corrected chi connectivity index (χ4v) is 3.84. The molecule has 0 unspecified atom stereocenters. The van der Waals surface area contributed by atoms with Gasteiger partial charge < -0.3 is 4.74 Å². The van der Waals surface area contributed by atoms with Crippen LogP contribution < -0.4 is 0 Å². The normalized spacial score (nSPS) is 30.2. The lowest BCUT2D eigenvalue weighted by Gasteiger charge is -2.39. The molecule has 2 bridgehead atoms. The van der Waals surface area contributed by atoms with Gasteiger partial charge in [-0.05, 0) is 25.5 Å². The van der Waals surface area contributed by atoms with Crippen LogP contribution in [0.1, 0.15) is 37.9 Å². The van der Waals surface area contributed by atoms with Gasteiger partial charge in [0.25, 0.3) is 0 Å². The largest absolute Gasteiger partial charge is 0.457 e. The summed E-state index contributed by atoms with van der Waals surface area (Å²) >= 11 is 0. The van der Waals surface area contributed by atoms with Gasteiger partial charge in [-0.3, -0.25) is 14.5 Å². The number of esters is 1. The van der Waals surface area contributed by atoms with Crippen LogP contribution in [-0.4, -0.2) is 35.8 Å². The molecule has 0 aromatic heterocycles. The lowest BCUT2D eigenvalue weighted by Crippen LogP contribution is -2.49. The molecule has 112 valence electrons. The summed E-state index contributed by atoms with van der Waals surface area (Å²) in [6.07, 6.45) is 2.16.